The van der Waals surface area contributed by atoms with E-state index in [0.717, 1.165) is 11.1 Å². The molecule has 4 aromatic rings. The molecule has 0 atom stereocenters. The average Bonchev–Trinajstić information content (AvgIpc) is 2.85. The molecule has 0 aliphatic carbocycles. The van der Waals surface area contributed by atoms with Gasteiger partial charge >= 0.3 is 11.1 Å². The predicted molar refractivity (Wildman–Crippen MR) is 132 cm³/mol. The van der Waals surface area contributed by atoms with Crippen molar-refractivity contribution in [3.63, 3.8) is 0 Å². The number of likely N-dealkylation sites (N-methyl/N-ethyl adjacent to an activating group) is 1. The van der Waals surface area contributed by atoms with Gasteiger partial charge in [-0.15, -0.1) is 0 Å². The molecule has 0 saturated heterocycles. The molecule has 0 fully saturated rings. The number of methoxy groups -OCH3 is 1. The Morgan fingerprint density at radius 2 is 1.59 bits per heavy atom. The Balaban J connectivity index is 1.69. The van der Waals surface area contributed by atoms with Crippen LogP contribution in [0.2, 0.25) is 5.02 Å². The molecule has 0 spiro atoms. The Labute approximate surface area is 201 Å². The molecule has 1 amide bonds. The molecule has 0 radical (unpaired) electrons. The van der Waals surface area contributed by atoms with Gasteiger partial charge < -0.3 is 9.64 Å². The van der Waals surface area contributed by atoms with Crippen LogP contribution in [-0.2, 0) is 24.4 Å². The van der Waals surface area contributed by atoms with E-state index in [1.165, 1.54) is 14.0 Å². The maximum absolute atomic E-state index is 13.1. The number of nitrogens with zero attached hydrogens (tertiary/aromatic N) is 3. The standard InChI is InChI=1S/C26H24ClN3O4/c1-28(15-19-9-6-10-21(13-19)34-2)24(31)17-30-23-14-20(27)11-12-22(23)29(25(32)26(30)33)16-18-7-4-3-5-8-18/h3-14H,15-17H2,1-2H3. The number of hydrogen-bond donors (Lipinski definition) is 0. The molecule has 0 aliphatic rings. The summed E-state index contributed by atoms with van der Waals surface area (Å²) >= 11 is 6.22. The van der Waals surface area contributed by atoms with Gasteiger partial charge in [-0.3, -0.25) is 23.5 Å². The maximum atomic E-state index is 13.1. The van der Waals surface area contributed by atoms with Crippen molar-refractivity contribution >= 4 is 28.5 Å². The van der Waals surface area contributed by atoms with Crippen molar-refractivity contribution in [3.8, 4) is 5.75 Å². The van der Waals surface area contributed by atoms with Crippen molar-refractivity contribution < 1.29 is 9.53 Å². The zero-order chi connectivity index (χ0) is 24.2. The zero-order valence-electron chi connectivity index (χ0n) is 18.9. The molecule has 34 heavy (non-hydrogen) atoms. The second-order valence-electron chi connectivity index (χ2n) is 8.00. The van der Waals surface area contributed by atoms with Gasteiger partial charge in [0.2, 0.25) is 5.91 Å². The summed E-state index contributed by atoms with van der Waals surface area (Å²) in [7, 11) is 3.23. The highest BCUT2D eigenvalue weighted by atomic mass is 35.5. The number of rotatable bonds is 7. The molecule has 174 valence electrons. The van der Waals surface area contributed by atoms with Gasteiger partial charge in [-0.1, -0.05) is 54.1 Å². The lowest BCUT2D eigenvalue weighted by Gasteiger charge is -2.20. The molecule has 7 nitrogen and oxygen atoms in total. The van der Waals surface area contributed by atoms with Gasteiger partial charge in [0, 0.05) is 18.6 Å². The molecule has 0 bridgehead atoms. The summed E-state index contributed by atoms with van der Waals surface area (Å²) in [5, 5.41) is 0.405. The van der Waals surface area contributed by atoms with Gasteiger partial charge in [-0.2, -0.15) is 0 Å². The molecular weight excluding hydrogens is 454 g/mol. The molecule has 8 heteroatoms. The van der Waals surface area contributed by atoms with Crippen molar-refractivity contribution in [1.82, 2.24) is 14.0 Å². The predicted octanol–water partition coefficient (Wildman–Crippen LogP) is 3.53. The summed E-state index contributed by atoms with van der Waals surface area (Å²) in [5.74, 6) is 0.378. The van der Waals surface area contributed by atoms with E-state index in [9.17, 15) is 14.4 Å². The Morgan fingerprint density at radius 1 is 0.882 bits per heavy atom. The van der Waals surface area contributed by atoms with Gasteiger partial charge in [0.25, 0.3) is 0 Å². The first-order chi connectivity index (χ1) is 16.4. The Kier molecular flexibility index (Phi) is 6.84. The van der Waals surface area contributed by atoms with Crippen LogP contribution in [0.25, 0.3) is 11.0 Å². The van der Waals surface area contributed by atoms with Crippen molar-refractivity contribution in [1.29, 1.82) is 0 Å². The molecule has 1 aromatic heterocycles. The lowest BCUT2D eigenvalue weighted by atomic mass is 10.2. The van der Waals surface area contributed by atoms with Crippen molar-refractivity contribution in [2.75, 3.05) is 14.2 Å². The summed E-state index contributed by atoms with van der Waals surface area (Å²) in [6.45, 7) is 0.281. The van der Waals surface area contributed by atoms with Crippen LogP contribution >= 0.6 is 11.6 Å². The number of fused-ring (bicyclic) bond motifs is 1. The Morgan fingerprint density at radius 3 is 2.32 bits per heavy atom. The summed E-state index contributed by atoms with van der Waals surface area (Å²) in [5.41, 5.74) is 1.26. The third-order valence-electron chi connectivity index (χ3n) is 5.65. The minimum atomic E-state index is -0.770. The fraction of sp³-hybridized carbons (Fsp3) is 0.192. The SMILES string of the molecule is COc1cccc(CN(C)C(=O)Cn2c(=O)c(=O)n(Cc3ccccc3)c3ccc(Cl)cc32)c1. The number of aromatic nitrogens is 2. The van der Waals surface area contributed by atoms with E-state index in [1.54, 1.807) is 32.4 Å². The van der Waals surface area contributed by atoms with Crippen LogP contribution in [0.4, 0.5) is 0 Å². The van der Waals surface area contributed by atoms with Gasteiger partial charge in [-0.25, -0.2) is 0 Å². The lowest BCUT2D eigenvalue weighted by Crippen LogP contribution is -2.44. The number of benzene rings is 3. The van der Waals surface area contributed by atoms with Crippen LogP contribution in [0.15, 0.2) is 82.4 Å². The van der Waals surface area contributed by atoms with Gasteiger partial charge in [0.05, 0.1) is 24.7 Å². The van der Waals surface area contributed by atoms with Crippen LogP contribution in [-0.4, -0.2) is 34.1 Å². The van der Waals surface area contributed by atoms with E-state index >= 15 is 0 Å². The second kappa shape index (κ2) is 9.97. The van der Waals surface area contributed by atoms with Crippen LogP contribution in [0.3, 0.4) is 0 Å². The normalized spacial score (nSPS) is 10.9. The third kappa shape index (κ3) is 4.89. The molecule has 4 rings (SSSR count). The van der Waals surface area contributed by atoms with E-state index in [2.05, 4.69) is 0 Å². The first-order valence-corrected chi connectivity index (χ1v) is 11.1. The second-order valence-corrected chi connectivity index (χ2v) is 8.44. The van der Waals surface area contributed by atoms with E-state index in [1.807, 2.05) is 54.6 Å². The van der Waals surface area contributed by atoms with Crippen LogP contribution in [0.1, 0.15) is 11.1 Å². The van der Waals surface area contributed by atoms with Crippen molar-refractivity contribution in [2.45, 2.75) is 19.6 Å². The number of amides is 1. The smallest absolute Gasteiger partial charge is 0.317 e. The van der Waals surface area contributed by atoms with Crippen molar-refractivity contribution in [2.24, 2.45) is 0 Å². The molecule has 0 aliphatic heterocycles. The molecule has 0 unspecified atom stereocenters. The first-order valence-electron chi connectivity index (χ1n) is 10.7. The summed E-state index contributed by atoms with van der Waals surface area (Å²) in [6.07, 6.45) is 0. The fourth-order valence-corrected chi connectivity index (χ4v) is 4.03. The van der Waals surface area contributed by atoms with Crippen LogP contribution in [0.5, 0.6) is 5.75 Å². The van der Waals surface area contributed by atoms with E-state index < -0.39 is 11.1 Å². The number of hydrogen-bond acceptors (Lipinski definition) is 4. The van der Waals surface area contributed by atoms with E-state index in [4.69, 9.17) is 16.3 Å². The fourth-order valence-electron chi connectivity index (χ4n) is 3.86. The summed E-state index contributed by atoms with van der Waals surface area (Å²) in [4.78, 5) is 40.7. The highest BCUT2D eigenvalue weighted by Gasteiger charge is 2.18. The van der Waals surface area contributed by atoms with Gasteiger partial charge in [0.1, 0.15) is 12.3 Å². The Hall–Kier alpha value is -3.84. The lowest BCUT2D eigenvalue weighted by molar-refractivity contribution is -0.131. The largest absolute Gasteiger partial charge is 0.497 e. The average molecular weight is 478 g/mol. The van der Waals surface area contributed by atoms with Gasteiger partial charge in [-0.05, 0) is 41.5 Å². The molecule has 1 heterocycles. The molecule has 0 N–H and O–H groups in total. The van der Waals surface area contributed by atoms with E-state index in [0.29, 0.717) is 28.4 Å². The molecule has 3 aromatic carbocycles. The van der Waals surface area contributed by atoms with Crippen molar-refractivity contribution in [3.05, 3.63) is 110 Å². The van der Waals surface area contributed by atoms with Crippen LogP contribution < -0.4 is 15.9 Å². The van der Waals surface area contributed by atoms with E-state index in [-0.39, 0.29) is 19.0 Å². The Bertz CT molecular complexity index is 1460. The van der Waals surface area contributed by atoms with Crippen LogP contribution in [0, 0.1) is 0 Å². The first kappa shape index (κ1) is 23.3. The minimum Gasteiger partial charge on any atom is -0.497 e. The quantitative estimate of drug-likeness (QED) is 0.382. The minimum absolute atomic E-state index is 0.234. The zero-order valence-corrected chi connectivity index (χ0v) is 19.7. The topological polar surface area (TPSA) is 73.5 Å². The number of halogens is 1. The van der Waals surface area contributed by atoms with Gasteiger partial charge in [0.15, 0.2) is 0 Å². The number of carbonyl (C=O) groups is 1. The number of ether oxygens (including phenoxy) is 1. The molecule has 0 saturated carbocycles. The maximum Gasteiger partial charge on any atom is 0.317 e. The highest BCUT2D eigenvalue weighted by molar-refractivity contribution is 6.31. The summed E-state index contributed by atoms with van der Waals surface area (Å²) < 4.78 is 7.86. The highest BCUT2D eigenvalue weighted by Crippen LogP contribution is 2.19. The third-order valence-corrected chi connectivity index (χ3v) is 5.88. The monoisotopic (exact) mass is 477 g/mol. The summed E-state index contributed by atoms with van der Waals surface area (Å²) in [6, 6.07) is 21.8. The molecular formula is C26H24ClN3O4. The number of carbonyl (C=O) groups excluding carboxylic acids is 1.